The van der Waals surface area contributed by atoms with E-state index in [1.165, 1.54) is 0 Å². The molecule has 1 atom stereocenters. The molecule has 0 aliphatic rings. The summed E-state index contributed by atoms with van der Waals surface area (Å²) in [6, 6.07) is 12.7. The van der Waals surface area contributed by atoms with Crippen molar-refractivity contribution < 1.29 is 19.1 Å². The van der Waals surface area contributed by atoms with E-state index in [-0.39, 0.29) is 18.6 Å². The summed E-state index contributed by atoms with van der Waals surface area (Å²) in [5.74, 6) is -0.130. The van der Waals surface area contributed by atoms with Crippen LogP contribution in [0.5, 0.6) is 5.75 Å². The molecular formula is C20H23NO4. The Kier molecular flexibility index (Phi) is 6.17. The standard InChI is InChI=1S/C20H23NO4/c1-13-8-9-18(14(2)10-13)20(23)25-12-19(22)21-15(3)16-6-5-7-17(11-16)24-4/h5-11,15H,12H2,1-4H3,(H,21,22)/t15-/m1/s1. The summed E-state index contributed by atoms with van der Waals surface area (Å²) in [7, 11) is 1.59. The lowest BCUT2D eigenvalue weighted by Gasteiger charge is -2.15. The van der Waals surface area contributed by atoms with Gasteiger partial charge in [0.05, 0.1) is 18.7 Å². The van der Waals surface area contributed by atoms with Crippen LogP contribution in [0.3, 0.4) is 0 Å². The molecule has 0 aromatic heterocycles. The van der Waals surface area contributed by atoms with Gasteiger partial charge in [0.15, 0.2) is 6.61 Å². The van der Waals surface area contributed by atoms with Crippen molar-refractivity contribution in [2.24, 2.45) is 0 Å². The zero-order valence-corrected chi connectivity index (χ0v) is 15.0. The third-order valence-corrected chi connectivity index (χ3v) is 3.91. The van der Waals surface area contributed by atoms with Gasteiger partial charge in [-0.1, -0.05) is 29.8 Å². The van der Waals surface area contributed by atoms with Gasteiger partial charge in [-0.3, -0.25) is 4.79 Å². The lowest BCUT2D eigenvalue weighted by molar-refractivity contribution is -0.124. The van der Waals surface area contributed by atoms with Gasteiger partial charge < -0.3 is 14.8 Å². The quantitative estimate of drug-likeness (QED) is 0.819. The molecule has 25 heavy (non-hydrogen) atoms. The summed E-state index contributed by atoms with van der Waals surface area (Å²) < 4.78 is 10.3. The Morgan fingerprint density at radius 3 is 2.56 bits per heavy atom. The summed E-state index contributed by atoms with van der Waals surface area (Å²) in [6.45, 7) is 5.34. The smallest absolute Gasteiger partial charge is 0.338 e. The number of hydrogen-bond donors (Lipinski definition) is 1. The van der Waals surface area contributed by atoms with Gasteiger partial charge in [-0.15, -0.1) is 0 Å². The molecule has 2 aromatic rings. The molecule has 0 aliphatic carbocycles. The second kappa shape index (κ2) is 8.33. The lowest BCUT2D eigenvalue weighted by atomic mass is 10.1. The van der Waals surface area contributed by atoms with Crippen LogP contribution in [-0.4, -0.2) is 25.6 Å². The lowest BCUT2D eigenvalue weighted by Crippen LogP contribution is -2.31. The number of hydrogen-bond acceptors (Lipinski definition) is 4. The van der Waals surface area contributed by atoms with Gasteiger partial charge in [-0.2, -0.15) is 0 Å². The van der Waals surface area contributed by atoms with Crippen LogP contribution in [0.25, 0.3) is 0 Å². The van der Waals surface area contributed by atoms with Crippen molar-refractivity contribution in [3.63, 3.8) is 0 Å². The van der Waals surface area contributed by atoms with Crippen LogP contribution in [0.1, 0.15) is 40.0 Å². The topological polar surface area (TPSA) is 64.6 Å². The molecule has 0 aliphatic heterocycles. The second-order valence-electron chi connectivity index (χ2n) is 5.96. The second-order valence-corrected chi connectivity index (χ2v) is 5.96. The average Bonchev–Trinajstić information content (AvgIpc) is 2.59. The van der Waals surface area contributed by atoms with Crippen LogP contribution >= 0.6 is 0 Å². The fourth-order valence-electron chi connectivity index (χ4n) is 2.53. The van der Waals surface area contributed by atoms with Crippen molar-refractivity contribution >= 4 is 11.9 Å². The van der Waals surface area contributed by atoms with E-state index in [0.29, 0.717) is 5.56 Å². The van der Waals surface area contributed by atoms with E-state index in [1.54, 1.807) is 13.2 Å². The largest absolute Gasteiger partial charge is 0.497 e. The van der Waals surface area contributed by atoms with Crippen molar-refractivity contribution in [1.82, 2.24) is 5.32 Å². The zero-order valence-electron chi connectivity index (χ0n) is 15.0. The molecule has 0 bridgehead atoms. The molecule has 0 heterocycles. The Balaban J connectivity index is 1.90. The average molecular weight is 341 g/mol. The molecule has 5 heteroatoms. The first-order chi connectivity index (χ1) is 11.9. The number of carbonyl (C=O) groups excluding carboxylic acids is 2. The third-order valence-electron chi connectivity index (χ3n) is 3.91. The van der Waals surface area contributed by atoms with E-state index < -0.39 is 5.97 Å². The number of rotatable bonds is 6. The van der Waals surface area contributed by atoms with E-state index in [0.717, 1.165) is 22.4 Å². The fourth-order valence-corrected chi connectivity index (χ4v) is 2.53. The predicted molar refractivity (Wildman–Crippen MR) is 95.8 cm³/mol. The first kappa shape index (κ1) is 18.5. The summed E-state index contributed by atoms with van der Waals surface area (Å²) in [4.78, 5) is 24.1. The third kappa shape index (κ3) is 5.08. The van der Waals surface area contributed by atoms with Gasteiger partial charge in [-0.05, 0) is 50.1 Å². The highest BCUT2D eigenvalue weighted by Gasteiger charge is 2.15. The highest BCUT2D eigenvalue weighted by Crippen LogP contribution is 2.18. The van der Waals surface area contributed by atoms with Crippen LogP contribution in [0, 0.1) is 13.8 Å². The van der Waals surface area contributed by atoms with Gasteiger partial charge in [0.2, 0.25) is 0 Å². The van der Waals surface area contributed by atoms with Gasteiger partial charge in [0.25, 0.3) is 5.91 Å². The van der Waals surface area contributed by atoms with E-state index in [4.69, 9.17) is 9.47 Å². The van der Waals surface area contributed by atoms with E-state index in [2.05, 4.69) is 5.32 Å². The number of ether oxygens (including phenoxy) is 2. The molecule has 0 spiro atoms. The fraction of sp³-hybridized carbons (Fsp3) is 0.300. The number of amides is 1. The van der Waals surface area contributed by atoms with Crippen LogP contribution in [-0.2, 0) is 9.53 Å². The van der Waals surface area contributed by atoms with Gasteiger partial charge in [0.1, 0.15) is 5.75 Å². The molecule has 0 unspecified atom stereocenters. The molecule has 1 N–H and O–H groups in total. The monoisotopic (exact) mass is 341 g/mol. The Morgan fingerprint density at radius 2 is 1.88 bits per heavy atom. The maximum absolute atomic E-state index is 12.1. The first-order valence-corrected chi connectivity index (χ1v) is 8.08. The summed E-state index contributed by atoms with van der Waals surface area (Å²) in [5, 5.41) is 2.81. The van der Waals surface area contributed by atoms with Crippen LogP contribution in [0.15, 0.2) is 42.5 Å². The highest BCUT2D eigenvalue weighted by molar-refractivity contribution is 5.92. The van der Waals surface area contributed by atoms with Crippen molar-refractivity contribution in [2.45, 2.75) is 26.8 Å². The normalized spacial score (nSPS) is 11.5. The minimum absolute atomic E-state index is 0.220. The van der Waals surface area contributed by atoms with Crippen LogP contribution < -0.4 is 10.1 Å². The molecule has 1 amide bonds. The molecule has 132 valence electrons. The summed E-state index contributed by atoms with van der Waals surface area (Å²) >= 11 is 0. The minimum Gasteiger partial charge on any atom is -0.497 e. The van der Waals surface area contributed by atoms with Gasteiger partial charge in [0, 0.05) is 0 Å². The first-order valence-electron chi connectivity index (χ1n) is 8.08. The van der Waals surface area contributed by atoms with Crippen LogP contribution in [0.2, 0.25) is 0 Å². The van der Waals surface area contributed by atoms with Crippen molar-refractivity contribution in [1.29, 1.82) is 0 Å². The van der Waals surface area contributed by atoms with Crippen LogP contribution in [0.4, 0.5) is 0 Å². The summed E-state index contributed by atoms with van der Waals surface area (Å²) in [6.07, 6.45) is 0. The van der Waals surface area contributed by atoms with Gasteiger partial charge >= 0.3 is 5.97 Å². The Bertz CT molecular complexity index is 770. The molecule has 0 saturated carbocycles. The molecule has 0 radical (unpaired) electrons. The van der Waals surface area contributed by atoms with Crippen molar-refractivity contribution in [3.8, 4) is 5.75 Å². The Hall–Kier alpha value is -2.82. The predicted octanol–water partition coefficient (Wildman–Crippen LogP) is 3.35. The van der Waals surface area contributed by atoms with E-state index in [1.807, 2.05) is 57.2 Å². The Morgan fingerprint density at radius 1 is 1.12 bits per heavy atom. The van der Waals surface area contributed by atoms with Crippen molar-refractivity contribution in [2.75, 3.05) is 13.7 Å². The highest BCUT2D eigenvalue weighted by atomic mass is 16.5. The number of esters is 1. The maximum atomic E-state index is 12.1. The zero-order chi connectivity index (χ0) is 18.4. The number of nitrogens with one attached hydrogen (secondary N) is 1. The summed E-state index contributed by atoms with van der Waals surface area (Å²) in [5.41, 5.74) is 3.28. The molecular weight excluding hydrogens is 318 g/mol. The molecule has 0 saturated heterocycles. The van der Waals surface area contributed by atoms with E-state index in [9.17, 15) is 9.59 Å². The Labute approximate surface area is 148 Å². The van der Waals surface area contributed by atoms with E-state index >= 15 is 0 Å². The number of methoxy groups -OCH3 is 1. The number of carbonyl (C=O) groups is 2. The molecule has 5 nitrogen and oxygen atoms in total. The molecule has 0 fully saturated rings. The number of benzene rings is 2. The molecule has 2 aromatic carbocycles. The minimum atomic E-state index is -0.498. The van der Waals surface area contributed by atoms with Crippen molar-refractivity contribution in [3.05, 3.63) is 64.7 Å². The molecule has 2 rings (SSSR count). The van der Waals surface area contributed by atoms with Gasteiger partial charge in [-0.25, -0.2) is 4.79 Å². The number of aryl methyl sites for hydroxylation is 2. The maximum Gasteiger partial charge on any atom is 0.338 e. The SMILES string of the molecule is COc1cccc([C@@H](C)NC(=O)COC(=O)c2ccc(C)cc2C)c1.